The molecule has 0 saturated carbocycles. The van der Waals surface area contributed by atoms with E-state index in [1.807, 2.05) is 11.0 Å². The summed E-state index contributed by atoms with van der Waals surface area (Å²) in [4.78, 5) is 17.6. The zero-order valence-corrected chi connectivity index (χ0v) is 15.3. The van der Waals surface area contributed by atoms with Gasteiger partial charge >= 0.3 is 0 Å². The van der Waals surface area contributed by atoms with E-state index in [1.165, 1.54) is 24.1 Å². The third-order valence-corrected chi connectivity index (χ3v) is 5.32. The average Bonchev–Trinajstić information content (AvgIpc) is 3.36. The predicted molar refractivity (Wildman–Crippen MR) is 103 cm³/mol. The van der Waals surface area contributed by atoms with Crippen LogP contribution >= 0.6 is 0 Å². The summed E-state index contributed by atoms with van der Waals surface area (Å²) in [7, 11) is 3.16. The van der Waals surface area contributed by atoms with Crippen LogP contribution < -0.4 is 19.3 Å². The van der Waals surface area contributed by atoms with Crippen molar-refractivity contribution in [2.75, 3.05) is 43.7 Å². The molecule has 1 fully saturated rings. The second-order valence-electron chi connectivity index (χ2n) is 6.75. The molecule has 0 radical (unpaired) electrons. The van der Waals surface area contributed by atoms with Crippen LogP contribution in [0.25, 0.3) is 0 Å². The number of rotatable bonds is 4. The van der Waals surface area contributed by atoms with E-state index in [4.69, 9.17) is 9.47 Å². The average molecular weight is 352 g/mol. The van der Waals surface area contributed by atoms with Gasteiger partial charge in [-0.05, 0) is 49.1 Å². The molecule has 2 aromatic carbocycles. The zero-order valence-electron chi connectivity index (χ0n) is 15.3. The Morgan fingerprint density at radius 1 is 0.962 bits per heavy atom. The molecule has 2 aromatic rings. The number of anilines is 2. The lowest BCUT2D eigenvalue weighted by Gasteiger charge is -2.23. The van der Waals surface area contributed by atoms with Gasteiger partial charge in [0.25, 0.3) is 5.91 Å². The molecule has 2 aliphatic rings. The Morgan fingerprint density at radius 3 is 2.31 bits per heavy atom. The van der Waals surface area contributed by atoms with Gasteiger partial charge in [-0.25, -0.2) is 0 Å². The van der Waals surface area contributed by atoms with E-state index in [-0.39, 0.29) is 5.91 Å². The number of benzene rings is 2. The van der Waals surface area contributed by atoms with Crippen molar-refractivity contribution in [2.24, 2.45) is 0 Å². The van der Waals surface area contributed by atoms with Gasteiger partial charge < -0.3 is 19.3 Å². The summed E-state index contributed by atoms with van der Waals surface area (Å²) in [6.45, 7) is 2.86. The fraction of sp³-hybridized carbons (Fsp3) is 0.381. The maximum atomic E-state index is 13.4. The highest BCUT2D eigenvalue weighted by Gasteiger charge is 2.30. The Bertz CT molecular complexity index is 806. The highest BCUT2D eigenvalue weighted by molar-refractivity contribution is 6.11. The molecule has 2 aliphatic heterocycles. The van der Waals surface area contributed by atoms with Crippen molar-refractivity contribution in [2.45, 2.75) is 19.3 Å². The molecular weight excluding hydrogens is 328 g/mol. The second-order valence-corrected chi connectivity index (χ2v) is 6.75. The summed E-state index contributed by atoms with van der Waals surface area (Å²) in [6, 6.07) is 11.9. The number of fused-ring (bicyclic) bond motifs is 1. The van der Waals surface area contributed by atoms with E-state index in [0.29, 0.717) is 23.6 Å². The number of amides is 1. The maximum Gasteiger partial charge on any atom is 0.265 e. The first-order chi connectivity index (χ1) is 12.7. The van der Waals surface area contributed by atoms with E-state index in [9.17, 15) is 4.79 Å². The molecular formula is C21H24N2O3. The summed E-state index contributed by atoms with van der Waals surface area (Å²) >= 11 is 0. The molecule has 5 heteroatoms. The lowest BCUT2D eigenvalue weighted by Crippen LogP contribution is -2.30. The van der Waals surface area contributed by atoms with Crippen LogP contribution in [0.3, 0.4) is 0 Å². The number of ether oxygens (including phenoxy) is 2. The summed E-state index contributed by atoms with van der Waals surface area (Å²) in [5.74, 6) is 1.01. The van der Waals surface area contributed by atoms with Gasteiger partial charge in [0.2, 0.25) is 0 Å². The number of carbonyl (C=O) groups excluding carboxylic acids is 1. The van der Waals surface area contributed by atoms with E-state index in [0.717, 1.165) is 25.2 Å². The normalized spacial score (nSPS) is 15.9. The molecule has 0 N–H and O–H groups in total. The van der Waals surface area contributed by atoms with E-state index in [1.54, 1.807) is 26.4 Å². The first-order valence-corrected chi connectivity index (χ1v) is 9.13. The summed E-state index contributed by atoms with van der Waals surface area (Å²) in [5, 5.41) is 0. The minimum atomic E-state index is -0.0726. The Hall–Kier alpha value is -2.69. The SMILES string of the molecule is COc1cccc(OC)c1C(=O)N1CCc2ccc(N3CCCC3)cc21. The van der Waals surface area contributed by atoms with Crippen molar-refractivity contribution in [3.05, 3.63) is 47.5 Å². The van der Waals surface area contributed by atoms with Crippen LogP contribution in [0.5, 0.6) is 11.5 Å². The topological polar surface area (TPSA) is 42.0 Å². The third-order valence-electron chi connectivity index (χ3n) is 5.32. The van der Waals surface area contributed by atoms with E-state index in [2.05, 4.69) is 23.1 Å². The number of nitrogens with zero attached hydrogens (tertiary/aromatic N) is 2. The van der Waals surface area contributed by atoms with Gasteiger partial charge in [-0.2, -0.15) is 0 Å². The van der Waals surface area contributed by atoms with Gasteiger partial charge in [-0.3, -0.25) is 4.79 Å². The first-order valence-electron chi connectivity index (χ1n) is 9.13. The summed E-state index contributed by atoms with van der Waals surface area (Å²) < 4.78 is 10.9. The highest BCUT2D eigenvalue weighted by atomic mass is 16.5. The molecule has 1 amide bonds. The van der Waals surface area contributed by atoms with Crippen molar-refractivity contribution < 1.29 is 14.3 Å². The van der Waals surface area contributed by atoms with Gasteiger partial charge in [-0.1, -0.05) is 12.1 Å². The molecule has 5 nitrogen and oxygen atoms in total. The molecule has 136 valence electrons. The van der Waals surface area contributed by atoms with Crippen LogP contribution in [0.4, 0.5) is 11.4 Å². The van der Waals surface area contributed by atoms with Gasteiger partial charge in [-0.15, -0.1) is 0 Å². The minimum absolute atomic E-state index is 0.0726. The van der Waals surface area contributed by atoms with Crippen molar-refractivity contribution >= 4 is 17.3 Å². The fourth-order valence-corrected chi connectivity index (χ4v) is 3.95. The molecule has 26 heavy (non-hydrogen) atoms. The van der Waals surface area contributed by atoms with Crippen LogP contribution in [0.1, 0.15) is 28.8 Å². The van der Waals surface area contributed by atoms with Crippen molar-refractivity contribution in [3.8, 4) is 11.5 Å². The van der Waals surface area contributed by atoms with Gasteiger partial charge in [0.05, 0.1) is 14.2 Å². The Kier molecular flexibility index (Phi) is 4.45. The number of hydrogen-bond donors (Lipinski definition) is 0. The third kappa shape index (κ3) is 2.77. The number of methoxy groups -OCH3 is 2. The monoisotopic (exact) mass is 352 g/mol. The van der Waals surface area contributed by atoms with Crippen molar-refractivity contribution in [3.63, 3.8) is 0 Å². The molecule has 0 unspecified atom stereocenters. The Morgan fingerprint density at radius 2 is 1.65 bits per heavy atom. The molecule has 0 aromatic heterocycles. The van der Waals surface area contributed by atoms with Gasteiger partial charge in [0.1, 0.15) is 17.1 Å². The number of carbonyl (C=O) groups is 1. The lowest BCUT2D eigenvalue weighted by atomic mass is 10.1. The minimum Gasteiger partial charge on any atom is -0.496 e. The first kappa shape index (κ1) is 16.8. The van der Waals surface area contributed by atoms with Crippen LogP contribution in [0.2, 0.25) is 0 Å². The molecule has 2 heterocycles. The van der Waals surface area contributed by atoms with Crippen LogP contribution in [0, 0.1) is 0 Å². The Balaban J connectivity index is 1.71. The fourth-order valence-electron chi connectivity index (χ4n) is 3.95. The summed E-state index contributed by atoms with van der Waals surface area (Å²) in [5.41, 5.74) is 3.91. The predicted octanol–water partition coefficient (Wildman–Crippen LogP) is 3.51. The molecule has 0 spiro atoms. The Labute approximate surface area is 154 Å². The van der Waals surface area contributed by atoms with Crippen molar-refractivity contribution in [1.29, 1.82) is 0 Å². The number of hydrogen-bond acceptors (Lipinski definition) is 4. The molecule has 1 saturated heterocycles. The smallest absolute Gasteiger partial charge is 0.265 e. The zero-order chi connectivity index (χ0) is 18.1. The van der Waals surface area contributed by atoms with Gasteiger partial charge in [0, 0.05) is 31.0 Å². The molecule has 0 bridgehead atoms. The molecule has 0 atom stereocenters. The molecule has 4 rings (SSSR count). The maximum absolute atomic E-state index is 13.4. The van der Waals surface area contributed by atoms with Crippen LogP contribution in [0.15, 0.2) is 36.4 Å². The standard InChI is InChI=1S/C21H24N2O3/c1-25-18-6-5-7-19(26-2)20(18)21(24)23-13-10-15-8-9-16(14-17(15)23)22-11-3-4-12-22/h5-9,14H,3-4,10-13H2,1-2H3. The van der Waals surface area contributed by atoms with E-state index >= 15 is 0 Å². The lowest BCUT2D eigenvalue weighted by molar-refractivity contribution is 0.0983. The van der Waals surface area contributed by atoms with E-state index < -0.39 is 0 Å². The van der Waals surface area contributed by atoms with Crippen LogP contribution in [-0.4, -0.2) is 39.8 Å². The van der Waals surface area contributed by atoms with Gasteiger partial charge in [0.15, 0.2) is 0 Å². The largest absolute Gasteiger partial charge is 0.496 e. The second kappa shape index (κ2) is 6.90. The van der Waals surface area contributed by atoms with Crippen LogP contribution in [-0.2, 0) is 6.42 Å². The van der Waals surface area contributed by atoms with Crippen molar-refractivity contribution in [1.82, 2.24) is 0 Å². The quantitative estimate of drug-likeness (QED) is 0.844. The molecule has 0 aliphatic carbocycles. The highest BCUT2D eigenvalue weighted by Crippen LogP contribution is 2.37. The summed E-state index contributed by atoms with van der Waals surface area (Å²) in [6.07, 6.45) is 3.34.